The predicted octanol–water partition coefficient (Wildman–Crippen LogP) is -0.0770. The van der Waals surface area contributed by atoms with Gasteiger partial charge in [0.05, 0.1) is 39.6 Å². The van der Waals surface area contributed by atoms with Crippen LogP contribution in [-0.2, 0) is 14.2 Å². The molecule has 2 N–H and O–H groups in total. The molecule has 15 heavy (non-hydrogen) atoms. The maximum Gasteiger partial charge on any atom is 0.178 e. The molecule has 5 nitrogen and oxygen atoms in total. The average molecular weight is 220 g/mol. The van der Waals surface area contributed by atoms with E-state index < -0.39 is 6.29 Å². The minimum absolute atomic E-state index is 0.00723. The van der Waals surface area contributed by atoms with Gasteiger partial charge in [-0.2, -0.15) is 0 Å². The third-order valence-electron chi connectivity index (χ3n) is 1.50. The molecule has 0 heterocycles. The van der Waals surface area contributed by atoms with Crippen LogP contribution in [0, 0.1) is 0 Å². The summed E-state index contributed by atoms with van der Waals surface area (Å²) in [6, 6.07) is 0. The van der Waals surface area contributed by atoms with E-state index >= 15 is 0 Å². The normalized spacial score (nSPS) is 12.7. The van der Waals surface area contributed by atoms with Crippen LogP contribution in [0.15, 0.2) is 12.7 Å². The third-order valence-corrected chi connectivity index (χ3v) is 1.50. The number of aliphatic hydroxyl groups is 2. The maximum atomic E-state index is 9.22. The molecule has 1 unspecified atom stereocenters. The van der Waals surface area contributed by atoms with Crippen molar-refractivity contribution in [3.05, 3.63) is 12.7 Å². The van der Waals surface area contributed by atoms with Crippen molar-refractivity contribution in [2.75, 3.05) is 39.6 Å². The Hall–Kier alpha value is -0.460. The van der Waals surface area contributed by atoms with Gasteiger partial charge in [-0.05, 0) is 6.42 Å². The van der Waals surface area contributed by atoms with Crippen molar-refractivity contribution in [1.29, 1.82) is 0 Å². The van der Waals surface area contributed by atoms with Crippen molar-refractivity contribution in [3.63, 3.8) is 0 Å². The lowest BCUT2D eigenvalue weighted by molar-refractivity contribution is -0.139. The summed E-state index contributed by atoms with van der Waals surface area (Å²) < 4.78 is 15.0. The number of ether oxygens (including phenoxy) is 3. The first kappa shape index (κ1) is 14.5. The van der Waals surface area contributed by atoms with Crippen LogP contribution in [0.4, 0.5) is 0 Å². The molecule has 0 aromatic rings. The average Bonchev–Trinajstić information content (AvgIpc) is 2.23. The second kappa shape index (κ2) is 11.6. The van der Waals surface area contributed by atoms with Gasteiger partial charge in [-0.15, -0.1) is 6.58 Å². The van der Waals surface area contributed by atoms with Crippen LogP contribution in [0.2, 0.25) is 0 Å². The van der Waals surface area contributed by atoms with Crippen molar-refractivity contribution in [2.24, 2.45) is 0 Å². The summed E-state index contributed by atoms with van der Waals surface area (Å²) >= 11 is 0. The number of hydrogen-bond donors (Lipinski definition) is 2. The zero-order valence-electron chi connectivity index (χ0n) is 8.93. The molecule has 0 aromatic carbocycles. The molecule has 0 saturated carbocycles. The molecular formula is C10H20O5. The van der Waals surface area contributed by atoms with Crippen molar-refractivity contribution in [2.45, 2.75) is 12.7 Å². The second-order valence-electron chi connectivity index (χ2n) is 2.81. The molecule has 1 atom stereocenters. The quantitative estimate of drug-likeness (QED) is 0.290. The van der Waals surface area contributed by atoms with Crippen molar-refractivity contribution in [1.82, 2.24) is 0 Å². The van der Waals surface area contributed by atoms with Gasteiger partial charge in [0.25, 0.3) is 0 Å². The first-order valence-corrected chi connectivity index (χ1v) is 4.98. The maximum absolute atomic E-state index is 9.22. The first-order chi connectivity index (χ1) is 7.31. The summed E-state index contributed by atoms with van der Waals surface area (Å²) in [6.07, 6.45) is 1.52. The van der Waals surface area contributed by atoms with Crippen molar-refractivity contribution in [3.8, 4) is 0 Å². The fourth-order valence-corrected chi connectivity index (χ4v) is 0.804. The molecule has 0 aliphatic heterocycles. The van der Waals surface area contributed by atoms with E-state index in [0.29, 0.717) is 32.8 Å². The second-order valence-corrected chi connectivity index (χ2v) is 2.81. The molecule has 5 heteroatoms. The highest BCUT2D eigenvalue weighted by atomic mass is 16.6. The van der Waals surface area contributed by atoms with Gasteiger partial charge in [-0.1, -0.05) is 6.08 Å². The van der Waals surface area contributed by atoms with Gasteiger partial charge in [0, 0.05) is 0 Å². The highest BCUT2D eigenvalue weighted by Crippen LogP contribution is 1.91. The minimum atomic E-state index is -0.900. The predicted molar refractivity (Wildman–Crippen MR) is 55.5 cm³/mol. The summed E-state index contributed by atoms with van der Waals surface area (Å²) in [6.45, 7) is 5.19. The zero-order chi connectivity index (χ0) is 11.4. The Kier molecular flexibility index (Phi) is 11.3. The summed E-state index contributed by atoms with van der Waals surface area (Å²) in [5.41, 5.74) is 0. The van der Waals surface area contributed by atoms with Gasteiger partial charge in [0.2, 0.25) is 0 Å². The van der Waals surface area contributed by atoms with E-state index in [4.69, 9.17) is 19.3 Å². The molecular weight excluding hydrogens is 200 g/mol. The Labute approximate surface area is 90.3 Å². The lowest BCUT2D eigenvalue weighted by Crippen LogP contribution is -2.21. The number of hydrogen-bond acceptors (Lipinski definition) is 5. The fraction of sp³-hybridized carbons (Fsp3) is 0.800. The van der Waals surface area contributed by atoms with Crippen LogP contribution < -0.4 is 0 Å². The Balaban J connectivity index is 3.09. The number of aliphatic hydroxyl groups excluding tert-OH is 2. The molecule has 0 aliphatic carbocycles. The van der Waals surface area contributed by atoms with E-state index in [1.54, 1.807) is 6.08 Å². The Bertz CT molecular complexity index is 140. The zero-order valence-corrected chi connectivity index (χ0v) is 8.93. The molecule has 0 spiro atoms. The topological polar surface area (TPSA) is 68.2 Å². The SMILES string of the molecule is C=CCCOC(O)COCCOCCO. The lowest BCUT2D eigenvalue weighted by atomic mass is 10.4. The van der Waals surface area contributed by atoms with Crippen molar-refractivity contribution >= 4 is 0 Å². The fourth-order valence-electron chi connectivity index (χ4n) is 0.804. The van der Waals surface area contributed by atoms with Gasteiger partial charge >= 0.3 is 0 Å². The third kappa shape index (κ3) is 11.5. The molecule has 0 fully saturated rings. The molecule has 0 aromatic heterocycles. The Morgan fingerprint density at radius 2 is 1.87 bits per heavy atom. The van der Waals surface area contributed by atoms with E-state index in [-0.39, 0.29) is 13.2 Å². The van der Waals surface area contributed by atoms with Crippen LogP contribution in [0.25, 0.3) is 0 Å². The molecule has 0 bridgehead atoms. The van der Waals surface area contributed by atoms with E-state index in [2.05, 4.69) is 6.58 Å². The molecule has 0 amide bonds. The molecule has 0 radical (unpaired) electrons. The van der Waals surface area contributed by atoms with E-state index in [0.717, 1.165) is 0 Å². The largest absolute Gasteiger partial charge is 0.394 e. The van der Waals surface area contributed by atoms with E-state index in [1.807, 2.05) is 0 Å². The highest BCUT2D eigenvalue weighted by molar-refractivity contribution is 4.64. The summed E-state index contributed by atoms with van der Waals surface area (Å²) in [5.74, 6) is 0. The molecule has 0 aliphatic rings. The van der Waals surface area contributed by atoms with Gasteiger partial charge in [0.15, 0.2) is 6.29 Å². The van der Waals surface area contributed by atoms with E-state index in [9.17, 15) is 5.11 Å². The monoisotopic (exact) mass is 220 g/mol. The van der Waals surface area contributed by atoms with Crippen LogP contribution >= 0.6 is 0 Å². The van der Waals surface area contributed by atoms with Crippen molar-refractivity contribution < 1.29 is 24.4 Å². The van der Waals surface area contributed by atoms with E-state index in [1.165, 1.54) is 0 Å². The first-order valence-electron chi connectivity index (χ1n) is 4.98. The van der Waals surface area contributed by atoms with Gasteiger partial charge in [-0.3, -0.25) is 0 Å². The molecule has 90 valence electrons. The van der Waals surface area contributed by atoms with Crippen LogP contribution in [-0.4, -0.2) is 56.1 Å². The lowest BCUT2D eigenvalue weighted by Gasteiger charge is -2.11. The molecule has 0 rings (SSSR count). The summed E-state index contributed by atoms with van der Waals surface area (Å²) in [7, 11) is 0. The Morgan fingerprint density at radius 1 is 1.13 bits per heavy atom. The smallest absolute Gasteiger partial charge is 0.178 e. The van der Waals surface area contributed by atoms with Crippen LogP contribution in [0.3, 0.4) is 0 Å². The van der Waals surface area contributed by atoms with Gasteiger partial charge in [-0.25, -0.2) is 0 Å². The summed E-state index contributed by atoms with van der Waals surface area (Å²) in [5, 5.41) is 17.6. The number of rotatable bonds is 11. The highest BCUT2D eigenvalue weighted by Gasteiger charge is 2.02. The van der Waals surface area contributed by atoms with Gasteiger partial charge in [0.1, 0.15) is 0 Å². The summed E-state index contributed by atoms with van der Waals surface area (Å²) in [4.78, 5) is 0. The Morgan fingerprint density at radius 3 is 2.53 bits per heavy atom. The molecule has 0 saturated heterocycles. The standard InChI is InChI=1S/C10H20O5/c1-2-3-5-15-10(12)9-14-8-7-13-6-4-11/h2,10-12H,1,3-9H2. The van der Waals surface area contributed by atoms with Gasteiger partial charge < -0.3 is 24.4 Å². The van der Waals surface area contributed by atoms with Crippen LogP contribution in [0.1, 0.15) is 6.42 Å². The minimum Gasteiger partial charge on any atom is -0.394 e. The van der Waals surface area contributed by atoms with Crippen LogP contribution in [0.5, 0.6) is 0 Å².